The van der Waals surface area contributed by atoms with Crippen molar-refractivity contribution < 1.29 is 19.4 Å². The van der Waals surface area contributed by atoms with Crippen LogP contribution in [0.2, 0.25) is 5.02 Å². The van der Waals surface area contributed by atoms with Crippen molar-refractivity contribution in [2.45, 2.75) is 33.6 Å². The first-order chi connectivity index (χ1) is 8.81. The molecule has 0 aromatic heterocycles. The van der Waals surface area contributed by atoms with Gasteiger partial charge < -0.3 is 9.84 Å². The van der Waals surface area contributed by atoms with Gasteiger partial charge in [-0.2, -0.15) is 0 Å². The molecule has 0 aliphatic rings. The Labute approximate surface area is 117 Å². The zero-order chi connectivity index (χ0) is 14.7. The molecule has 1 rings (SSSR count). The lowest BCUT2D eigenvalue weighted by Crippen LogP contribution is -2.19. The number of hydrogen-bond donors (Lipinski definition) is 1. The number of phenols is 1. The van der Waals surface area contributed by atoms with E-state index in [-0.39, 0.29) is 23.8 Å². The number of Topliss-reactive ketones (excluding diaryl/α,β-unsaturated/α-hetero) is 1. The summed E-state index contributed by atoms with van der Waals surface area (Å²) in [4.78, 5) is 23.5. The van der Waals surface area contributed by atoms with Crippen LogP contribution >= 0.6 is 11.6 Å². The van der Waals surface area contributed by atoms with Gasteiger partial charge in [0.25, 0.3) is 5.78 Å². The topological polar surface area (TPSA) is 63.6 Å². The van der Waals surface area contributed by atoms with Crippen molar-refractivity contribution in [1.29, 1.82) is 0 Å². The molecule has 1 aromatic rings. The first-order valence-electron chi connectivity index (χ1n) is 6.04. The third kappa shape index (κ3) is 3.07. The first-order valence-corrected chi connectivity index (χ1v) is 6.42. The van der Waals surface area contributed by atoms with Crippen LogP contribution < -0.4 is 0 Å². The van der Waals surface area contributed by atoms with Gasteiger partial charge in [0.2, 0.25) is 0 Å². The van der Waals surface area contributed by atoms with Crippen LogP contribution in [0, 0.1) is 6.92 Å². The number of benzene rings is 1. The third-order valence-electron chi connectivity index (χ3n) is 2.84. The van der Waals surface area contributed by atoms with E-state index in [2.05, 4.69) is 4.74 Å². The van der Waals surface area contributed by atoms with Crippen LogP contribution in [0.15, 0.2) is 6.07 Å². The molecule has 5 heteroatoms. The standard InChI is InChI=1S/C14H17ClO4/c1-5-19-14(18)13(17)11-8(4)10(15)6-9(7(2)3)12(11)16/h6-7,16H,5H2,1-4H3. The van der Waals surface area contributed by atoms with Crippen molar-refractivity contribution in [2.24, 2.45) is 0 Å². The molecule has 0 spiro atoms. The monoisotopic (exact) mass is 284 g/mol. The van der Waals surface area contributed by atoms with Crippen LogP contribution in [0.1, 0.15) is 48.2 Å². The second-order valence-electron chi connectivity index (χ2n) is 4.50. The molecule has 104 valence electrons. The van der Waals surface area contributed by atoms with Crippen molar-refractivity contribution >= 4 is 23.4 Å². The van der Waals surface area contributed by atoms with E-state index in [1.165, 1.54) is 0 Å². The summed E-state index contributed by atoms with van der Waals surface area (Å²) in [5, 5.41) is 10.5. The molecule has 0 unspecified atom stereocenters. The van der Waals surface area contributed by atoms with Gasteiger partial charge in [-0.3, -0.25) is 4.79 Å². The van der Waals surface area contributed by atoms with E-state index in [0.717, 1.165) is 0 Å². The lowest BCUT2D eigenvalue weighted by Gasteiger charge is -2.15. The Balaban J connectivity index is 3.42. The van der Waals surface area contributed by atoms with E-state index in [1.807, 2.05) is 13.8 Å². The number of aromatic hydroxyl groups is 1. The Morgan fingerprint density at radius 1 is 1.42 bits per heavy atom. The average molecular weight is 285 g/mol. The van der Waals surface area contributed by atoms with E-state index in [0.29, 0.717) is 16.1 Å². The maximum atomic E-state index is 12.0. The molecule has 1 aromatic carbocycles. The highest BCUT2D eigenvalue weighted by Crippen LogP contribution is 2.36. The number of esters is 1. The number of hydrogen-bond acceptors (Lipinski definition) is 4. The number of carbonyl (C=O) groups excluding carboxylic acids is 2. The molecule has 4 nitrogen and oxygen atoms in total. The van der Waals surface area contributed by atoms with Crippen molar-refractivity contribution in [3.63, 3.8) is 0 Å². The quantitative estimate of drug-likeness (QED) is 0.524. The van der Waals surface area contributed by atoms with E-state index in [1.54, 1.807) is 19.9 Å². The van der Waals surface area contributed by atoms with Crippen LogP contribution in [-0.4, -0.2) is 23.5 Å². The van der Waals surface area contributed by atoms with E-state index in [4.69, 9.17) is 11.6 Å². The largest absolute Gasteiger partial charge is 0.507 e. The van der Waals surface area contributed by atoms with Gasteiger partial charge in [-0.1, -0.05) is 25.4 Å². The lowest BCUT2D eigenvalue weighted by atomic mass is 9.94. The highest BCUT2D eigenvalue weighted by molar-refractivity contribution is 6.42. The molecule has 0 heterocycles. The summed E-state index contributed by atoms with van der Waals surface area (Å²) in [6.07, 6.45) is 0. The predicted molar refractivity (Wildman–Crippen MR) is 72.9 cm³/mol. The smallest absolute Gasteiger partial charge is 0.379 e. The van der Waals surface area contributed by atoms with Gasteiger partial charge in [0.05, 0.1) is 12.2 Å². The minimum Gasteiger partial charge on any atom is -0.507 e. The molecule has 0 saturated carbocycles. The van der Waals surface area contributed by atoms with Gasteiger partial charge in [0.1, 0.15) is 5.75 Å². The molecule has 0 amide bonds. The summed E-state index contributed by atoms with van der Waals surface area (Å²) in [5.74, 6) is -2.08. The van der Waals surface area contributed by atoms with Crippen LogP contribution in [0.25, 0.3) is 0 Å². The Kier molecular flexibility index (Phi) is 4.95. The van der Waals surface area contributed by atoms with E-state index >= 15 is 0 Å². The summed E-state index contributed by atoms with van der Waals surface area (Å²) < 4.78 is 4.67. The maximum Gasteiger partial charge on any atom is 0.379 e. The first kappa shape index (κ1) is 15.5. The minimum atomic E-state index is -0.988. The number of rotatable bonds is 4. The minimum absolute atomic E-state index is 0.0214. The molecular weight excluding hydrogens is 268 g/mol. The summed E-state index contributed by atoms with van der Waals surface area (Å²) in [6, 6.07) is 1.61. The van der Waals surface area contributed by atoms with Crippen LogP contribution in [0.4, 0.5) is 0 Å². The number of halogens is 1. The Hall–Kier alpha value is -1.55. The van der Waals surface area contributed by atoms with Crippen LogP contribution in [0.3, 0.4) is 0 Å². The number of ether oxygens (including phenoxy) is 1. The van der Waals surface area contributed by atoms with Gasteiger partial charge in [-0.15, -0.1) is 0 Å². The molecule has 0 bridgehead atoms. The fourth-order valence-corrected chi connectivity index (χ4v) is 1.98. The zero-order valence-electron chi connectivity index (χ0n) is 11.4. The molecule has 0 saturated heterocycles. The lowest BCUT2D eigenvalue weighted by molar-refractivity contribution is -0.137. The third-order valence-corrected chi connectivity index (χ3v) is 3.23. The molecule has 19 heavy (non-hydrogen) atoms. The van der Waals surface area contributed by atoms with Crippen LogP contribution in [0.5, 0.6) is 5.75 Å². The highest BCUT2D eigenvalue weighted by atomic mass is 35.5. The molecule has 0 aliphatic heterocycles. The molecule has 0 radical (unpaired) electrons. The fraction of sp³-hybridized carbons (Fsp3) is 0.429. The van der Waals surface area contributed by atoms with Crippen molar-refractivity contribution in [2.75, 3.05) is 6.61 Å². The van der Waals surface area contributed by atoms with Crippen molar-refractivity contribution in [3.05, 3.63) is 27.8 Å². The Morgan fingerprint density at radius 3 is 2.47 bits per heavy atom. The second-order valence-corrected chi connectivity index (χ2v) is 4.91. The van der Waals surface area contributed by atoms with E-state index < -0.39 is 11.8 Å². The number of phenolic OH excluding ortho intramolecular Hbond substituents is 1. The van der Waals surface area contributed by atoms with Gasteiger partial charge >= 0.3 is 5.97 Å². The molecule has 0 fully saturated rings. The van der Waals surface area contributed by atoms with Gasteiger partial charge in [-0.25, -0.2) is 4.79 Å². The predicted octanol–water partition coefficient (Wildman–Crippen LogP) is 3.22. The second kappa shape index (κ2) is 6.06. The van der Waals surface area contributed by atoms with Gasteiger partial charge in [-0.05, 0) is 37.0 Å². The fourth-order valence-electron chi connectivity index (χ4n) is 1.77. The number of ketones is 1. The molecular formula is C14H17ClO4. The van der Waals surface area contributed by atoms with Gasteiger partial charge in [0, 0.05) is 5.02 Å². The van der Waals surface area contributed by atoms with Crippen LogP contribution in [-0.2, 0) is 9.53 Å². The summed E-state index contributed by atoms with van der Waals surface area (Å²) in [7, 11) is 0. The summed E-state index contributed by atoms with van der Waals surface area (Å²) in [5.41, 5.74) is 0.833. The summed E-state index contributed by atoms with van der Waals surface area (Å²) >= 11 is 6.05. The van der Waals surface area contributed by atoms with Crippen molar-refractivity contribution in [3.8, 4) is 5.75 Å². The highest BCUT2D eigenvalue weighted by Gasteiger charge is 2.27. The van der Waals surface area contributed by atoms with Crippen molar-refractivity contribution in [1.82, 2.24) is 0 Å². The maximum absolute atomic E-state index is 12.0. The summed E-state index contributed by atoms with van der Waals surface area (Å²) in [6.45, 7) is 7.01. The normalized spacial score (nSPS) is 10.6. The molecule has 0 aliphatic carbocycles. The molecule has 0 atom stereocenters. The number of carbonyl (C=O) groups is 2. The zero-order valence-corrected chi connectivity index (χ0v) is 12.2. The SMILES string of the molecule is CCOC(=O)C(=O)c1c(C)c(Cl)cc(C(C)C)c1O. The Bertz CT molecular complexity index is 521. The van der Waals surface area contributed by atoms with Gasteiger partial charge in [0.15, 0.2) is 0 Å². The van der Waals surface area contributed by atoms with E-state index in [9.17, 15) is 14.7 Å². The average Bonchev–Trinajstić information content (AvgIpc) is 2.33. The molecule has 1 N–H and O–H groups in total. The Morgan fingerprint density at radius 2 is 2.00 bits per heavy atom.